The number of esters is 1. The minimum absolute atomic E-state index is 0.205. The van der Waals surface area contributed by atoms with Crippen LogP contribution in [-0.2, 0) is 14.3 Å². The highest BCUT2D eigenvalue weighted by Gasteiger charge is 2.36. The second-order valence-corrected chi connectivity index (χ2v) is 6.42. The summed E-state index contributed by atoms with van der Waals surface area (Å²) in [6.07, 6.45) is 1.55. The lowest BCUT2D eigenvalue weighted by atomic mass is 10.2. The number of ether oxygens (including phenoxy) is 3. The summed E-state index contributed by atoms with van der Waals surface area (Å²) in [6.45, 7) is -0.411. The molecule has 0 N–H and O–H groups in total. The van der Waals surface area contributed by atoms with E-state index in [1.54, 1.807) is 18.2 Å². The maximum atomic E-state index is 12.3. The van der Waals surface area contributed by atoms with Crippen molar-refractivity contribution in [3.8, 4) is 11.5 Å². The van der Waals surface area contributed by atoms with E-state index in [9.17, 15) is 14.4 Å². The van der Waals surface area contributed by atoms with E-state index < -0.39 is 23.7 Å². The van der Waals surface area contributed by atoms with E-state index >= 15 is 0 Å². The first-order valence-electron chi connectivity index (χ1n) is 6.65. The zero-order valence-electron chi connectivity index (χ0n) is 13.1. The van der Waals surface area contributed by atoms with E-state index in [0.717, 1.165) is 16.7 Å². The number of imide groups is 1. The zero-order valence-corrected chi connectivity index (χ0v) is 15.5. The van der Waals surface area contributed by atoms with Gasteiger partial charge in [-0.25, -0.2) is 0 Å². The molecular weight excluding hydrogens is 402 g/mol. The van der Waals surface area contributed by atoms with Crippen molar-refractivity contribution in [2.45, 2.75) is 0 Å². The smallest absolute Gasteiger partial charge is 0.325 e. The molecule has 1 fully saturated rings. The van der Waals surface area contributed by atoms with Gasteiger partial charge in [0.05, 0.1) is 26.2 Å². The largest absolute Gasteiger partial charge is 0.493 e. The van der Waals surface area contributed by atoms with Crippen LogP contribution in [0.25, 0.3) is 6.08 Å². The summed E-state index contributed by atoms with van der Waals surface area (Å²) in [5.74, 6) is -0.191. The molecule has 1 aliphatic rings. The van der Waals surface area contributed by atoms with Crippen molar-refractivity contribution >= 4 is 50.9 Å². The molecule has 0 bridgehead atoms. The molecule has 0 atom stereocenters. The van der Waals surface area contributed by atoms with Gasteiger partial charge in [-0.2, -0.15) is 0 Å². The molecule has 2 amide bonds. The van der Waals surface area contributed by atoms with Crippen LogP contribution in [0.4, 0.5) is 4.79 Å². The minimum Gasteiger partial charge on any atom is -0.493 e. The van der Waals surface area contributed by atoms with Gasteiger partial charge < -0.3 is 14.2 Å². The van der Waals surface area contributed by atoms with Crippen LogP contribution in [0.2, 0.25) is 0 Å². The molecule has 1 aromatic carbocycles. The molecule has 1 aliphatic heterocycles. The number of amides is 2. The SMILES string of the molecule is COC(=O)CN1C(=O)S/C(=C\c2cc(OC)c(OC)cc2Br)C1=O. The summed E-state index contributed by atoms with van der Waals surface area (Å²) in [6, 6.07) is 3.38. The van der Waals surface area contributed by atoms with Gasteiger partial charge in [0.1, 0.15) is 6.54 Å². The molecule has 9 heteroatoms. The minimum atomic E-state index is -0.661. The third kappa shape index (κ3) is 3.73. The van der Waals surface area contributed by atoms with Gasteiger partial charge in [-0.15, -0.1) is 0 Å². The Balaban J connectivity index is 2.34. The molecule has 128 valence electrons. The van der Waals surface area contributed by atoms with E-state index in [1.165, 1.54) is 21.3 Å². The lowest BCUT2D eigenvalue weighted by molar-refractivity contribution is -0.143. The Labute approximate surface area is 151 Å². The van der Waals surface area contributed by atoms with Crippen LogP contribution in [0.15, 0.2) is 21.5 Å². The van der Waals surface area contributed by atoms with Gasteiger partial charge in [0.15, 0.2) is 11.5 Å². The van der Waals surface area contributed by atoms with Crippen LogP contribution < -0.4 is 9.47 Å². The van der Waals surface area contributed by atoms with Gasteiger partial charge in [0, 0.05) is 4.47 Å². The third-order valence-corrected chi connectivity index (χ3v) is 4.77. The Hall–Kier alpha value is -2.00. The summed E-state index contributed by atoms with van der Waals surface area (Å²) in [7, 11) is 4.21. The predicted molar refractivity (Wildman–Crippen MR) is 91.9 cm³/mol. The van der Waals surface area contributed by atoms with Gasteiger partial charge in [-0.1, -0.05) is 15.9 Å². The molecule has 1 aromatic rings. The fourth-order valence-electron chi connectivity index (χ4n) is 1.95. The Bertz CT molecular complexity index is 733. The zero-order chi connectivity index (χ0) is 17.9. The molecule has 0 unspecified atom stereocenters. The average molecular weight is 416 g/mol. The Morgan fingerprint density at radius 2 is 1.83 bits per heavy atom. The van der Waals surface area contributed by atoms with E-state index in [4.69, 9.17) is 9.47 Å². The summed E-state index contributed by atoms with van der Waals surface area (Å²) in [5, 5.41) is -0.520. The first kappa shape index (κ1) is 18.3. The molecule has 0 saturated carbocycles. The molecule has 24 heavy (non-hydrogen) atoms. The highest BCUT2D eigenvalue weighted by Crippen LogP contribution is 2.37. The van der Waals surface area contributed by atoms with E-state index in [-0.39, 0.29) is 4.91 Å². The molecule has 1 saturated heterocycles. The molecule has 0 aromatic heterocycles. The second kappa shape index (κ2) is 7.71. The fraction of sp³-hybridized carbons (Fsp3) is 0.267. The van der Waals surface area contributed by atoms with Crippen molar-refractivity contribution in [1.82, 2.24) is 4.90 Å². The molecule has 2 rings (SSSR count). The summed E-state index contributed by atoms with van der Waals surface area (Å²) < 4.78 is 15.6. The summed E-state index contributed by atoms with van der Waals surface area (Å²) >= 11 is 4.15. The lowest BCUT2D eigenvalue weighted by Gasteiger charge is -2.11. The van der Waals surface area contributed by atoms with E-state index in [0.29, 0.717) is 21.5 Å². The number of hydrogen-bond donors (Lipinski definition) is 0. The molecule has 0 aliphatic carbocycles. The fourth-order valence-corrected chi connectivity index (χ4v) is 3.22. The van der Waals surface area contributed by atoms with E-state index in [1.807, 2.05) is 0 Å². The van der Waals surface area contributed by atoms with Crippen LogP contribution in [0.5, 0.6) is 11.5 Å². The molecule has 7 nitrogen and oxygen atoms in total. The highest BCUT2D eigenvalue weighted by atomic mass is 79.9. The number of benzene rings is 1. The Kier molecular flexibility index (Phi) is 5.89. The molecule has 1 heterocycles. The number of carbonyl (C=O) groups is 3. The summed E-state index contributed by atoms with van der Waals surface area (Å²) in [4.78, 5) is 36.6. The van der Waals surface area contributed by atoms with E-state index in [2.05, 4.69) is 20.7 Å². The molecule has 0 spiro atoms. The van der Waals surface area contributed by atoms with Crippen LogP contribution in [0.1, 0.15) is 5.56 Å². The Morgan fingerprint density at radius 3 is 2.42 bits per heavy atom. The number of hydrogen-bond acceptors (Lipinski definition) is 7. The number of halogens is 1. The van der Waals surface area contributed by atoms with Crippen molar-refractivity contribution in [2.24, 2.45) is 0 Å². The standard InChI is InChI=1S/C15H14BrNO6S/c1-21-10-4-8(9(16)6-11(10)22-2)5-12-14(19)17(15(20)24-12)7-13(18)23-3/h4-6H,7H2,1-3H3/b12-5-. The number of carbonyl (C=O) groups excluding carboxylic acids is 3. The van der Waals surface area contributed by atoms with Crippen molar-refractivity contribution in [1.29, 1.82) is 0 Å². The normalized spacial score (nSPS) is 15.8. The number of rotatable bonds is 5. The Morgan fingerprint density at radius 1 is 1.21 bits per heavy atom. The highest BCUT2D eigenvalue weighted by molar-refractivity contribution is 9.10. The van der Waals surface area contributed by atoms with Crippen LogP contribution in [0.3, 0.4) is 0 Å². The van der Waals surface area contributed by atoms with Crippen LogP contribution >= 0.6 is 27.7 Å². The molecule has 0 radical (unpaired) electrons. The van der Waals surface area contributed by atoms with Crippen LogP contribution in [-0.4, -0.2) is 49.9 Å². The first-order chi connectivity index (χ1) is 11.4. The van der Waals surface area contributed by atoms with Gasteiger partial charge >= 0.3 is 5.97 Å². The summed E-state index contributed by atoms with van der Waals surface area (Å²) in [5.41, 5.74) is 0.635. The maximum Gasteiger partial charge on any atom is 0.325 e. The predicted octanol–water partition coefficient (Wildman–Crippen LogP) is 2.68. The third-order valence-electron chi connectivity index (χ3n) is 3.18. The topological polar surface area (TPSA) is 82.1 Å². The van der Waals surface area contributed by atoms with Crippen molar-refractivity contribution in [2.75, 3.05) is 27.9 Å². The van der Waals surface area contributed by atoms with Gasteiger partial charge in [0.25, 0.3) is 11.1 Å². The number of thioether (sulfide) groups is 1. The molecular formula is C15H14BrNO6S. The number of nitrogens with zero attached hydrogens (tertiary/aromatic N) is 1. The monoisotopic (exact) mass is 415 g/mol. The average Bonchev–Trinajstić information content (AvgIpc) is 2.83. The van der Waals surface area contributed by atoms with Gasteiger partial charge in [-0.05, 0) is 35.5 Å². The number of methoxy groups -OCH3 is 3. The first-order valence-corrected chi connectivity index (χ1v) is 8.26. The van der Waals surface area contributed by atoms with Gasteiger partial charge in [-0.3, -0.25) is 19.3 Å². The van der Waals surface area contributed by atoms with Crippen molar-refractivity contribution < 1.29 is 28.6 Å². The van der Waals surface area contributed by atoms with Gasteiger partial charge in [0.2, 0.25) is 0 Å². The maximum absolute atomic E-state index is 12.3. The van der Waals surface area contributed by atoms with Crippen molar-refractivity contribution in [3.63, 3.8) is 0 Å². The lowest BCUT2D eigenvalue weighted by Crippen LogP contribution is -2.34. The van der Waals surface area contributed by atoms with Crippen molar-refractivity contribution in [3.05, 3.63) is 27.1 Å². The van der Waals surface area contributed by atoms with Crippen LogP contribution in [0, 0.1) is 0 Å². The second-order valence-electron chi connectivity index (χ2n) is 4.57. The quantitative estimate of drug-likeness (QED) is 0.539.